The molecule has 0 unspecified atom stereocenters. The van der Waals surface area contributed by atoms with E-state index in [1.807, 2.05) is 0 Å². The van der Waals surface area contributed by atoms with Crippen LogP contribution in [0, 0.1) is 5.82 Å². The van der Waals surface area contributed by atoms with Crippen LogP contribution < -0.4 is 5.32 Å². The lowest BCUT2D eigenvalue weighted by molar-refractivity contribution is 0.101. The molecule has 0 aliphatic heterocycles. The summed E-state index contributed by atoms with van der Waals surface area (Å²) in [6, 6.07) is 6.10. The second kappa shape index (κ2) is 6.29. The topological polar surface area (TPSA) is 77.6 Å². The number of carbonyl (C=O) groups excluding carboxylic acids is 1. The van der Waals surface area contributed by atoms with Gasteiger partial charge in [0.05, 0.1) is 17.2 Å². The van der Waals surface area contributed by atoms with Crippen molar-refractivity contribution in [1.82, 2.24) is 24.5 Å². The second-order valence-corrected chi connectivity index (χ2v) is 5.67. The fraction of sp³-hybridized carbons (Fsp3) is 0.143. The summed E-state index contributed by atoms with van der Waals surface area (Å²) >= 11 is 3.27. The van der Waals surface area contributed by atoms with Crippen molar-refractivity contribution in [2.45, 2.75) is 6.54 Å². The highest BCUT2D eigenvalue weighted by atomic mass is 79.9. The van der Waals surface area contributed by atoms with Crippen LogP contribution in [-0.4, -0.2) is 30.5 Å². The summed E-state index contributed by atoms with van der Waals surface area (Å²) in [4.78, 5) is 16.2. The van der Waals surface area contributed by atoms with Crippen molar-refractivity contribution in [3.8, 4) is 0 Å². The summed E-state index contributed by atoms with van der Waals surface area (Å²) in [7, 11) is 1.67. The van der Waals surface area contributed by atoms with E-state index in [4.69, 9.17) is 0 Å². The first kappa shape index (κ1) is 15.3. The lowest BCUT2D eigenvalue weighted by Gasteiger charge is -2.03. The van der Waals surface area contributed by atoms with Crippen LogP contribution in [0.3, 0.4) is 0 Å². The Bertz CT molecular complexity index is 822. The largest absolute Gasteiger partial charge is 0.288 e. The number of halogens is 2. The SMILES string of the molecule is Cn1ncc(Br)c1C(=O)Nc1ncn(Cc2ccc(F)cc2)n1. The van der Waals surface area contributed by atoms with Crippen LogP contribution in [0.5, 0.6) is 0 Å². The molecular formula is C14H12BrFN6O. The van der Waals surface area contributed by atoms with Gasteiger partial charge in [0.1, 0.15) is 17.8 Å². The van der Waals surface area contributed by atoms with E-state index in [2.05, 4.69) is 36.4 Å². The van der Waals surface area contributed by atoms with Gasteiger partial charge in [-0.25, -0.2) is 14.1 Å². The monoisotopic (exact) mass is 378 g/mol. The quantitative estimate of drug-likeness (QED) is 0.754. The van der Waals surface area contributed by atoms with E-state index in [1.54, 1.807) is 23.9 Å². The number of aryl methyl sites for hydroxylation is 1. The van der Waals surface area contributed by atoms with Gasteiger partial charge in [0.25, 0.3) is 5.91 Å². The van der Waals surface area contributed by atoms with Gasteiger partial charge in [-0.05, 0) is 33.6 Å². The first-order chi connectivity index (χ1) is 11.0. The molecular weight excluding hydrogens is 367 g/mol. The zero-order valence-electron chi connectivity index (χ0n) is 12.1. The van der Waals surface area contributed by atoms with Crippen molar-refractivity contribution in [2.24, 2.45) is 7.05 Å². The van der Waals surface area contributed by atoms with Crippen molar-refractivity contribution in [1.29, 1.82) is 0 Å². The molecule has 0 saturated heterocycles. The maximum Gasteiger partial charge on any atom is 0.277 e. The lowest BCUT2D eigenvalue weighted by Crippen LogP contribution is -2.17. The molecule has 23 heavy (non-hydrogen) atoms. The Morgan fingerprint density at radius 2 is 2.09 bits per heavy atom. The van der Waals surface area contributed by atoms with Crippen LogP contribution >= 0.6 is 15.9 Å². The summed E-state index contributed by atoms with van der Waals surface area (Å²) in [6.45, 7) is 0.429. The first-order valence-electron chi connectivity index (χ1n) is 6.65. The van der Waals surface area contributed by atoms with E-state index in [1.165, 1.54) is 29.3 Å². The fourth-order valence-electron chi connectivity index (χ4n) is 2.03. The lowest BCUT2D eigenvalue weighted by atomic mass is 10.2. The van der Waals surface area contributed by atoms with E-state index < -0.39 is 0 Å². The summed E-state index contributed by atoms with van der Waals surface area (Å²) in [5.41, 5.74) is 1.25. The Morgan fingerprint density at radius 1 is 1.35 bits per heavy atom. The highest BCUT2D eigenvalue weighted by molar-refractivity contribution is 9.10. The van der Waals surface area contributed by atoms with Gasteiger partial charge in [0.15, 0.2) is 0 Å². The van der Waals surface area contributed by atoms with E-state index in [9.17, 15) is 9.18 Å². The number of hydrogen-bond acceptors (Lipinski definition) is 4. The minimum absolute atomic E-state index is 0.185. The Hall–Kier alpha value is -2.55. The Labute approximate surface area is 139 Å². The molecule has 0 saturated carbocycles. The van der Waals surface area contributed by atoms with Crippen molar-refractivity contribution >= 4 is 27.8 Å². The van der Waals surface area contributed by atoms with Crippen molar-refractivity contribution < 1.29 is 9.18 Å². The van der Waals surface area contributed by atoms with Gasteiger partial charge in [0, 0.05) is 7.05 Å². The molecule has 7 nitrogen and oxygen atoms in total. The van der Waals surface area contributed by atoms with E-state index in [0.717, 1.165) is 5.56 Å². The number of benzene rings is 1. The molecule has 1 amide bonds. The number of hydrogen-bond donors (Lipinski definition) is 1. The van der Waals surface area contributed by atoms with Crippen LogP contribution in [0.2, 0.25) is 0 Å². The van der Waals surface area contributed by atoms with Crippen molar-refractivity contribution in [3.05, 3.63) is 58.3 Å². The van der Waals surface area contributed by atoms with Crippen LogP contribution in [0.4, 0.5) is 10.3 Å². The number of nitrogens with zero attached hydrogens (tertiary/aromatic N) is 5. The van der Waals surface area contributed by atoms with Gasteiger partial charge in [-0.1, -0.05) is 12.1 Å². The van der Waals surface area contributed by atoms with Crippen LogP contribution in [-0.2, 0) is 13.6 Å². The molecule has 0 fully saturated rings. The van der Waals surface area contributed by atoms with Gasteiger partial charge in [-0.15, -0.1) is 5.10 Å². The van der Waals surface area contributed by atoms with Gasteiger partial charge in [-0.2, -0.15) is 5.10 Å². The maximum atomic E-state index is 12.9. The third-order valence-electron chi connectivity index (χ3n) is 3.13. The maximum absolute atomic E-state index is 12.9. The third kappa shape index (κ3) is 3.45. The molecule has 2 aromatic heterocycles. The predicted octanol–water partition coefficient (Wildman–Crippen LogP) is 2.21. The Kier molecular flexibility index (Phi) is 4.20. The van der Waals surface area contributed by atoms with Gasteiger partial charge >= 0.3 is 0 Å². The highest BCUT2D eigenvalue weighted by Crippen LogP contribution is 2.16. The number of anilines is 1. The normalized spacial score (nSPS) is 10.7. The molecule has 9 heteroatoms. The van der Waals surface area contributed by atoms with Crippen molar-refractivity contribution in [2.75, 3.05) is 5.32 Å². The molecule has 0 bridgehead atoms. The fourth-order valence-corrected chi connectivity index (χ4v) is 2.56. The molecule has 2 heterocycles. The number of amides is 1. The Morgan fingerprint density at radius 3 is 2.74 bits per heavy atom. The van der Waals surface area contributed by atoms with Crippen LogP contribution in [0.25, 0.3) is 0 Å². The van der Waals surface area contributed by atoms with Crippen LogP contribution in [0.1, 0.15) is 16.1 Å². The molecule has 118 valence electrons. The third-order valence-corrected chi connectivity index (χ3v) is 3.71. The number of carbonyl (C=O) groups is 1. The van der Waals surface area contributed by atoms with Crippen molar-refractivity contribution in [3.63, 3.8) is 0 Å². The minimum atomic E-state index is -0.364. The predicted molar refractivity (Wildman–Crippen MR) is 84.4 cm³/mol. The van der Waals surface area contributed by atoms with E-state index in [0.29, 0.717) is 16.7 Å². The molecule has 3 rings (SSSR count). The average Bonchev–Trinajstić information content (AvgIpc) is 3.08. The summed E-state index contributed by atoms with van der Waals surface area (Å²) in [5, 5.41) is 10.8. The minimum Gasteiger partial charge on any atom is -0.288 e. The zero-order chi connectivity index (χ0) is 16.4. The average molecular weight is 379 g/mol. The highest BCUT2D eigenvalue weighted by Gasteiger charge is 2.16. The molecule has 0 aliphatic rings. The molecule has 0 spiro atoms. The molecule has 0 aliphatic carbocycles. The molecule has 3 aromatic rings. The number of rotatable bonds is 4. The summed E-state index contributed by atoms with van der Waals surface area (Å²) in [5.74, 6) is -0.469. The standard InChI is InChI=1S/C14H12BrFN6O/c1-21-12(11(15)6-18-21)13(23)19-14-17-8-22(20-14)7-9-2-4-10(16)5-3-9/h2-6,8H,7H2,1H3,(H,19,20,23). The molecule has 1 N–H and O–H groups in total. The molecule has 1 aromatic carbocycles. The first-order valence-corrected chi connectivity index (χ1v) is 7.45. The van der Waals surface area contributed by atoms with Gasteiger partial charge in [-0.3, -0.25) is 14.8 Å². The second-order valence-electron chi connectivity index (χ2n) is 4.81. The Balaban J connectivity index is 1.70. The van der Waals surface area contributed by atoms with Gasteiger partial charge in [0.2, 0.25) is 5.95 Å². The summed E-state index contributed by atoms with van der Waals surface area (Å²) in [6.07, 6.45) is 3.03. The van der Waals surface area contributed by atoms with Crippen LogP contribution in [0.15, 0.2) is 41.3 Å². The zero-order valence-corrected chi connectivity index (χ0v) is 13.7. The molecule has 0 radical (unpaired) electrons. The van der Waals surface area contributed by atoms with E-state index >= 15 is 0 Å². The summed E-state index contributed by atoms with van der Waals surface area (Å²) < 4.78 is 16.5. The molecule has 0 atom stereocenters. The smallest absolute Gasteiger partial charge is 0.277 e. The number of aromatic nitrogens is 5. The number of nitrogens with one attached hydrogen (secondary N) is 1. The van der Waals surface area contributed by atoms with E-state index in [-0.39, 0.29) is 17.7 Å². The van der Waals surface area contributed by atoms with Gasteiger partial charge < -0.3 is 0 Å².